The van der Waals surface area contributed by atoms with Crippen LogP contribution in [-0.2, 0) is 4.79 Å². The Kier molecular flexibility index (Phi) is 4.61. The van der Waals surface area contributed by atoms with Crippen molar-refractivity contribution >= 4 is 23.5 Å². The van der Waals surface area contributed by atoms with E-state index in [4.69, 9.17) is 4.74 Å². The second-order valence-electron chi connectivity index (χ2n) is 6.02. The number of carbonyl (C=O) groups excluding carboxylic acids is 1. The Labute approximate surface area is 140 Å². The van der Waals surface area contributed by atoms with E-state index in [2.05, 4.69) is 28.7 Å². The fraction of sp³-hybridized carbons (Fsp3) is 0.412. The third-order valence-electron chi connectivity index (χ3n) is 3.82. The molecule has 0 saturated carbocycles. The quantitative estimate of drug-likeness (QED) is 0.929. The monoisotopic (exact) mass is 331 g/mol. The lowest BCUT2D eigenvalue weighted by Gasteiger charge is -2.19. The first-order valence-electron chi connectivity index (χ1n) is 7.71. The van der Waals surface area contributed by atoms with Gasteiger partial charge in [0.2, 0.25) is 5.91 Å². The van der Waals surface area contributed by atoms with Crippen molar-refractivity contribution in [3.05, 3.63) is 36.3 Å². The SMILES string of the molecule is COc1ccc(-n2cnc3c2C(CC(C)C)SCC(=O)N3)cc1. The number of imidazole rings is 1. The molecule has 5 nitrogen and oxygen atoms in total. The number of amides is 1. The Morgan fingerprint density at radius 2 is 2.13 bits per heavy atom. The van der Waals surface area contributed by atoms with Gasteiger partial charge < -0.3 is 10.1 Å². The predicted octanol–water partition coefficient (Wildman–Crippen LogP) is 3.65. The number of ether oxygens (including phenoxy) is 1. The van der Waals surface area contributed by atoms with Gasteiger partial charge in [-0.05, 0) is 36.6 Å². The van der Waals surface area contributed by atoms with Gasteiger partial charge in [0.05, 0.1) is 18.6 Å². The van der Waals surface area contributed by atoms with Crippen LogP contribution >= 0.6 is 11.8 Å². The topological polar surface area (TPSA) is 56.2 Å². The van der Waals surface area contributed by atoms with Crippen molar-refractivity contribution in [2.24, 2.45) is 5.92 Å². The molecular formula is C17H21N3O2S. The van der Waals surface area contributed by atoms with E-state index in [0.29, 0.717) is 17.5 Å². The highest BCUT2D eigenvalue weighted by atomic mass is 32.2. The highest BCUT2D eigenvalue weighted by Gasteiger charge is 2.28. The van der Waals surface area contributed by atoms with E-state index in [1.807, 2.05) is 24.3 Å². The minimum atomic E-state index is 0.0162. The van der Waals surface area contributed by atoms with Crippen molar-refractivity contribution in [1.82, 2.24) is 9.55 Å². The normalized spacial score (nSPS) is 17.6. The molecule has 3 rings (SSSR count). The van der Waals surface area contributed by atoms with Crippen LogP contribution in [0.15, 0.2) is 30.6 Å². The van der Waals surface area contributed by atoms with Gasteiger partial charge in [-0.1, -0.05) is 13.8 Å². The van der Waals surface area contributed by atoms with Gasteiger partial charge in [-0.2, -0.15) is 0 Å². The second kappa shape index (κ2) is 6.66. The van der Waals surface area contributed by atoms with E-state index in [1.54, 1.807) is 25.2 Å². The van der Waals surface area contributed by atoms with E-state index in [1.165, 1.54) is 0 Å². The zero-order valence-electron chi connectivity index (χ0n) is 13.6. The highest BCUT2D eigenvalue weighted by Crippen LogP contribution is 2.41. The van der Waals surface area contributed by atoms with Gasteiger partial charge in [-0.3, -0.25) is 9.36 Å². The van der Waals surface area contributed by atoms with Gasteiger partial charge >= 0.3 is 0 Å². The number of carbonyl (C=O) groups is 1. The molecule has 0 radical (unpaired) electrons. The summed E-state index contributed by atoms with van der Waals surface area (Å²) in [6.45, 7) is 4.41. The highest BCUT2D eigenvalue weighted by molar-refractivity contribution is 8.00. The first-order valence-corrected chi connectivity index (χ1v) is 8.76. The molecule has 2 aromatic rings. The number of hydrogen-bond donors (Lipinski definition) is 1. The maximum atomic E-state index is 11.9. The summed E-state index contributed by atoms with van der Waals surface area (Å²) in [6.07, 6.45) is 2.79. The zero-order chi connectivity index (χ0) is 16.4. The van der Waals surface area contributed by atoms with Gasteiger partial charge in [-0.25, -0.2) is 4.98 Å². The van der Waals surface area contributed by atoms with Crippen LogP contribution in [0.25, 0.3) is 5.69 Å². The van der Waals surface area contributed by atoms with E-state index in [-0.39, 0.29) is 11.2 Å². The van der Waals surface area contributed by atoms with Crippen LogP contribution in [0, 0.1) is 5.92 Å². The van der Waals surface area contributed by atoms with Crippen molar-refractivity contribution in [2.45, 2.75) is 25.5 Å². The molecule has 1 N–H and O–H groups in total. The number of nitrogens with one attached hydrogen (secondary N) is 1. The number of hydrogen-bond acceptors (Lipinski definition) is 4. The minimum Gasteiger partial charge on any atom is -0.497 e. The third-order valence-corrected chi connectivity index (χ3v) is 5.07. The van der Waals surface area contributed by atoms with Crippen LogP contribution < -0.4 is 10.1 Å². The number of benzene rings is 1. The Morgan fingerprint density at radius 3 is 2.78 bits per heavy atom. The summed E-state index contributed by atoms with van der Waals surface area (Å²) in [5.41, 5.74) is 2.09. The molecule has 1 unspecified atom stereocenters. The van der Waals surface area contributed by atoms with E-state index in [9.17, 15) is 4.79 Å². The summed E-state index contributed by atoms with van der Waals surface area (Å²) < 4.78 is 7.29. The Morgan fingerprint density at radius 1 is 1.39 bits per heavy atom. The average molecular weight is 331 g/mol. The van der Waals surface area contributed by atoms with Crippen molar-refractivity contribution in [1.29, 1.82) is 0 Å². The van der Waals surface area contributed by atoms with Crippen LogP contribution in [-0.4, -0.2) is 28.3 Å². The van der Waals surface area contributed by atoms with Crippen molar-refractivity contribution in [3.8, 4) is 11.4 Å². The first-order chi connectivity index (χ1) is 11.1. The Hall–Kier alpha value is -1.95. The summed E-state index contributed by atoms with van der Waals surface area (Å²) >= 11 is 1.69. The van der Waals surface area contributed by atoms with Gasteiger partial charge in [0.25, 0.3) is 0 Å². The first kappa shape index (κ1) is 15.9. The zero-order valence-corrected chi connectivity index (χ0v) is 14.4. The molecule has 23 heavy (non-hydrogen) atoms. The van der Waals surface area contributed by atoms with Gasteiger partial charge in [0, 0.05) is 10.9 Å². The van der Waals surface area contributed by atoms with Gasteiger partial charge in [-0.15, -0.1) is 11.8 Å². The maximum absolute atomic E-state index is 11.9. The van der Waals surface area contributed by atoms with Crippen molar-refractivity contribution in [2.75, 3.05) is 18.2 Å². The Balaban J connectivity index is 2.03. The predicted molar refractivity (Wildman–Crippen MR) is 93.4 cm³/mol. The second-order valence-corrected chi connectivity index (χ2v) is 7.21. The number of rotatable bonds is 4. The van der Waals surface area contributed by atoms with E-state index < -0.39 is 0 Å². The molecule has 0 fully saturated rings. The standard InChI is InChI=1S/C17H21N3O2S/c1-11(2)8-14-16-17(19-15(21)9-23-14)18-10-20(16)12-4-6-13(22-3)7-5-12/h4-7,10-11,14H,8-9H2,1-3H3,(H,19,21). The van der Waals surface area contributed by atoms with Crippen LogP contribution in [0.1, 0.15) is 31.2 Å². The fourth-order valence-electron chi connectivity index (χ4n) is 2.74. The molecule has 1 aromatic carbocycles. The van der Waals surface area contributed by atoms with Crippen LogP contribution in [0.2, 0.25) is 0 Å². The molecule has 2 heterocycles. The maximum Gasteiger partial charge on any atom is 0.235 e. The van der Waals surface area contributed by atoms with Crippen molar-refractivity contribution in [3.63, 3.8) is 0 Å². The van der Waals surface area contributed by atoms with E-state index >= 15 is 0 Å². The number of nitrogens with zero attached hydrogens (tertiary/aromatic N) is 2. The third kappa shape index (κ3) is 3.37. The summed E-state index contributed by atoms with van der Waals surface area (Å²) in [7, 11) is 1.66. The largest absolute Gasteiger partial charge is 0.497 e. The smallest absolute Gasteiger partial charge is 0.235 e. The summed E-state index contributed by atoms with van der Waals surface area (Å²) in [4.78, 5) is 16.3. The van der Waals surface area contributed by atoms with Crippen molar-refractivity contribution < 1.29 is 9.53 Å². The summed E-state index contributed by atoms with van der Waals surface area (Å²) in [5, 5.41) is 3.17. The number of thioether (sulfide) groups is 1. The number of anilines is 1. The molecule has 0 saturated heterocycles. The molecule has 0 aliphatic carbocycles. The number of methoxy groups -OCH3 is 1. The summed E-state index contributed by atoms with van der Waals surface area (Å²) in [5.74, 6) is 2.54. The average Bonchev–Trinajstić information content (AvgIpc) is 2.88. The summed E-state index contributed by atoms with van der Waals surface area (Å²) in [6, 6.07) is 7.87. The lowest BCUT2D eigenvalue weighted by molar-refractivity contribution is -0.113. The molecule has 1 atom stereocenters. The molecule has 6 heteroatoms. The molecule has 1 aliphatic rings. The molecule has 1 aliphatic heterocycles. The molecule has 122 valence electrons. The molecule has 0 spiro atoms. The minimum absolute atomic E-state index is 0.0162. The van der Waals surface area contributed by atoms with Crippen LogP contribution in [0.5, 0.6) is 5.75 Å². The van der Waals surface area contributed by atoms with E-state index in [0.717, 1.165) is 23.6 Å². The Bertz CT molecular complexity index is 694. The van der Waals surface area contributed by atoms with Crippen LogP contribution in [0.3, 0.4) is 0 Å². The number of fused-ring (bicyclic) bond motifs is 1. The lowest BCUT2D eigenvalue weighted by Crippen LogP contribution is -2.12. The number of aromatic nitrogens is 2. The molecule has 1 amide bonds. The fourth-order valence-corrected chi connectivity index (χ4v) is 4.07. The molecule has 1 aromatic heterocycles. The van der Waals surface area contributed by atoms with Gasteiger partial charge in [0.1, 0.15) is 12.1 Å². The molecular weight excluding hydrogens is 310 g/mol. The van der Waals surface area contributed by atoms with Gasteiger partial charge in [0.15, 0.2) is 5.82 Å². The molecule has 0 bridgehead atoms. The lowest BCUT2D eigenvalue weighted by atomic mass is 10.1. The van der Waals surface area contributed by atoms with Crippen LogP contribution in [0.4, 0.5) is 5.82 Å².